The van der Waals surface area contributed by atoms with Crippen LogP contribution in [-0.2, 0) is 4.79 Å². The van der Waals surface area contributed by atoms with Gasteiger partial charge in [0.1, 0.15) is 0 Å². The van der Waals surface area contributed by atoms with Gasteiger partial charge in [-0.25, -0.2) is 5.43 Å². The van der Waals surface area contributed by atoms with E-state index in [4.69, 9.17) is 18.9 Å². The van der Waals surface area contributed by atoms with E-state index in [9.17, 15) is 14.7 Å². The zero-order valence-electron chi connectivity index (χ0n) is 17.3. The van der Waals surface area contributed by atoms with Crippen LogP contribution in [0.1, 0.15) is 15.9 Å². The number of hydrazone groups is 1. The maximum absolute atomic E-state index is 12.4. The Morgan fingerprint density at radius 2 is 1.61 bits per heavy atom. The molecule has 31 heavy (non-hydrogen) atoms. The van der Waals surface area contributed by atoms with E-state index in [1.54, 1.807) is 12.1 Å². The molecule has 2 aromatic carbocycles. The number of nitrogens with one attached hydrogen (secondary N) is 2. The molecule has 0 radical (unpaired) electrons. The molecule has 3 N–H and O–H groups in total. The maximum atomic E-state index is 12.4. The molecular weight excluding hydrogens is 474 g/mol. The van der Waals surface area contributed by atoms with E-state index in [1.807, 2.05) is 0 Å². The van der Waals surface area contributed by atoms with Crippen molar-refractivity contribution >= 4 is 34.0 Å². The summed E-state index contributed by atoms with van der Waals surface area (Å²) < 4.78 is 21.1. The van der Waals surface area contributed by atoms with Crippen LogP contribution in [0.3, 0.4) is 0 Å². The Morgan fingerprint density at radius 3 is 2.16 bits per heavy atom. The Morgan fingerprint density at radius 1 is 1.00 bits per heavy atom. The molecule has 0 aliphatic heterocycles. The number of aromatic hydroxyl groups is 1. The van der Waals surface area contributed by atoms with Crippen molar-refractivity contribution in [2.24, 2.45) is 5.10 Å². The van der Waals surface area contributed by atoms with Crippen molar-refractivity contribution in [3.05, 3.63) is 39.9 Å². The minimum absolute atomic E-state index is 0.0433. The Balaban J connectivity index is 1.98. The fourth-order valence-corrected chi connectivity index (χ4v) is 2.98. The van der Waals surface area contributed by atoms with Gasteiger partial charge in [-0.3, -0.25) is 9.59 Å². The van der Waals surface area contributed by atoms with E-state index in [-0.39, 0.29) is 23.6 Å². The lowest BCUT2D eigenvalue weighted by Crippen LogP contribution is -2.34. The Labute approximate surface area is 187 Å². The number of rotatable bonds is 9. The Kier molecular flexibility index (Phi) is 8.50. The van der Waals surface area contributed by atoms with Gasteiger partial charge in [0.25, 0.3) is 11.8 Å². The molecule has 0 bridgehead atoms. The lowest BCUT2D eigenvalue weighted by molar-refractivity contribution is -0.120. The highest BCUT2D eigenvalue weighted by Crippen LogP contribution is 2.38. The summed E-state index contributed by atoms with van der Waals surface area (Å²) in [6.07, 6.45) is 1.37. The van der Waals surface area contributed by atoms with E-state index < -0.39 is 11.8 Å². The minimum atomic E-state index is -0.540. The number of ether oxygens (including phenoxy) is 4. The van der Waals surface area contributed by atoms with Gasteiger partial charge in [-0.15, -0.1) is 0 Å². The summed E-state index contributed by atoms with van der Waals surface area (Å²) in [7, 11) is 5.75. The van der Waals surface area contributed by atoms with Crippen LogP contribution in [0.2, 0.25) is 0 Å². The topological polar surface area (TPSA) is 128 Å². The number of methoxy groups -OCH3 is 4. The monoisotopic (exact) mass is 495 g/mol. The molecule has 0 aliphatic carbocycles. The number of hydrogen-bond acceptors (Lipinski definition) is 8. The summed E-state index contributed by atoms with van der Waals surface area (Å²) in [4.78, 5) is 24.4. The summed E-state index contributed by atoms with van der Waals surface area (Å²) in [5.74, 6) is 0.143. The molecule has 0 spiro atoms. The number of halogens is 1. The van der Waals surface area contributed by atoms with Gasteiger partial charge >= 0.3 is 0 Å². The third-order valence-corrected chi connectivity index (χ3v) is 4.61. The number of hydrogen-bond donors (Lipinski definition) is 3. The molecule has 11 heteroatoms. The molecule has 0 atom stereocenters. The van der Waals surface area contributed by atoms with Gasteiger partial charge in [-0.2, -0.15) is 5.10 Å². The summed E-state index contributed by atoms with van der Waals surface area (Å²) >= 11 is 3.20. The second kappa shape index (κ2) is 11.1. The molecule has 0 aromatic heterocycles. The molecular formula is C20H22BrN3O7. The van der Waals surface area contributed by atoms with Crippen molar-refractivity contribution in [1.82, 2.24) is 10.7 Å². The van der Waals surface area contributed by atoms with Crippen LogP contribution in [0.4, 0.5) is 0 Å². The second-order valence-corrected chi connectivity index (χ2v) is 6.80. The number of benzene rings is 2. The SMILES string of the molecule is COc1cc(/C=N/NC(=O)CNC(=O)c2cc(OC)c(OC)c(OC)c2)cc(Br)c1O. The first-order valence-electron chi connectivity index (χ1n) is 8.81. The fraction of sp³-hybridized carbons (Fsp3) is 0.250. The Bertz CT molecular complexity index is 970. The average molecular weight is 496 g/mol. The third kappa shape index (κ3) is 6.01. The molecule has 2 amide bonds. The predicted molar refractivity (Wildman–Crippen MR) is 117 cm³/mol. The van der Waals surface area contributed by atoms with Gasteiger partial charge in [-0.1, -0.05) is 0 Å². The predicted octanol–water partition coefficient (Wildman–Crippen LogP) is 2.07. The van der Waals surface area contributed by atoms with Crippen LogP contribution < -0.4 is 29.7 Å². The van der Waals surface area contributed by atoms with Crippen LogP contribution >= 0.6 is 15.9 Å². The molecule has 0 aliphatic rings. The fourth-order valence-electron chi connectivity index (χ4n) is 2.52. The molecule has 0 fully saturated rings. The van der Waals surface area contributed by atoms with Gasteiger partial charge in [0.05, 0.1) is 45.7 Å². The van der Waals surface area contributed by atoms with Crippen molar-refractivity contribution in [2.75, 3.05) is 35.0 Å². The van der Waals surface area contributed by atoms with Gasteiger partial charge < -0.3 is 29.4 Å². The van der Waals surface area contributed by atoms with Crippen molar-refractivity contribution in [2.45, 2.75) is 0 Å². The number of carbonyl (C=O) groups is 2. The largest absolute Gasteiger partial charge is 0.503 e. The molecule has 0 saturated heterocycles. The van der Waals surface area contributed by atoms with E-state index in [0.29, 0.717) is 27.3 Å². The number of phenols is 1. The van der Waals surface area contributed by atoms with Crippen LogP contribution in [-0.4, -0.2) is 58.1 Å². The number of nitrogens with zero attached hydrogens (tertiary/aromatic N) is 1. The van der Waals surface area contributed by atoms with Crippen LogP contribution in [0.5, 0.6) is 28.7 Å². The third-order valence-electron chi connectivity index (χ3n) is 4.01. The first-order chi connectivity index (χ1) is 14.8. The average Bonchev–Trinajstić information content (AvgIpc) is 2.78. The van der Waals surface area contributed by atoms with Gasteiger partial charge in [-0.05, 0) is 45.8 Å². The number of amides is 2. The second-order valence-electron chi connectivity index (χ2n) is 5.94. The standard InChI is InChI=1S/C20H22BrN3O7/c1-28-14-6-11(5-13(21)18(14)26)9-23-24-17(25)10-22-20(27)12-7-15(29-2)19(31-4)16(8-12)30-3/h5-9,26H,10H2,1-4H3,(H,22,27)(H,24,25)/b23-9+. The molecule has 0 unspecified atom stereocenters. The number of phenolic OH excluding ortho intramolecular Hbond substituents is 1. The highest BCUT2D eigenvalue weighted by Gasteiger charge is 2.17. The van der Waals surface area contributed by atoms with Gasteiger partial charge in [0.2, 0.25) is 5.75 Å². The quantitative estimate of drug-likeness (QED) is 0.358. The zero-order valence-corrected chi connectivity index (χ0v) is 18.9. The smallest absolute Gasteiger partial charge is 0.259 e. The summed E-state index contributed by atoms with van der Waals surface area (Å²) in [5, 5.41) is 16.1. The van der Waals surface area contributed by atoms with Crippen molar-refractivity contribution in [3.63, 3.8) is 0 Å². The molecule has 166 valence electrons. The van der Waals surface area contributed by atoms with Gasteiger partial charge in [0.15, 0.2) is 23.0 Å². The van der Waals surface area contributed by atoms with Crippen LogP contribution in [0, 0.1) is 0 Å². The maximum Gasteiger partial charge on any atom is 0.259 e. The van der Waals surface area contributed by atoms with Crippen molar-refractivity contribution in [3.8, 4) is 28.7 Å². The highest BCUT2D eigenvalue weighted by molar-refractivity contribution is 9.10. The van der Waals surface area contributed by atoms with E-state index in [1.165, 1.54) is 46.8 Å². The highest BCUT2D eigenvalue weighted by atomic mass is 79.9. The van der Waals surface area contributed by atoms with Crippen molar-refractivity contribution in [1.29, 1.82) is 0 Å². The molecule has 10 nitrogen and oxygen atoms in total. The first kappa shape index (κ1) is 23.8. The van der Waals surface area contributed by atoms with E-state index in [0.717, 1.165) is 0 Å². The lowest BCUT2D eigenvalue weighted by Gasteiger charge is -2.14. The lowest BCUT2D eigenvalue weighted by atomic mass is 10.1. The molecule has 0 saturated carbocycles. The van der Waals surface area contributed by atoms with E-state index >= 15 is 0 Å². The van der Waals surface area contributed by atoms with Crippen LogP contribution in [0.25, 0.3) is 0 Å². The minimum Gasteiger partial charge on any atom is -0.503 e. The molecule has 2 aromatic rings. The Hall–Kier alpha value is -3.47. The first-order valence-corrected chi connectivity index (χ1v) is 9.60. The summed E-state index contributed by atoms with van der Waals surface area (Å²) in [6.45, 7) is -0.310. The van der Waals surface area contributed by atoms with Crippen molar-refractivity contribution < 1.29 is 33.6 Å². The summed E-state index contributed by atoms with van der Waals surface area (Å²) in [5.41, 5.74) is 3.10. The number of carbonyl (C=O) groups excluding carboxylic acids is 2. The van der Waals surface area contributed by atoms with E-state index in [2.05, 4.69) is 31.8 Å². The zero-order chi connectivity index (χ0) is 23.0. The molecule has 2 rings (SSSR count). The molecule has 0 heterocycles. The van der Waals surface area contributed by atoms with Crippen LogP contribution in [0.15, 0.2) is 33.8 Å². The normalized spacial score (nSPS) is 10.5. The summed E-state index contributed by atoms with van der Waals surface area (Å²) in [6, 6.07) is 6.09. The van der Waals surface area contributed by atoms with Gasteiger partial charge in [0, 0.05) is 5.56 Å².